The fourth-order valence-corrected chi connectivity index (χ4v) is 11.4. The van der Waals surface area contributed by atoms with E-state index in [-0.39, 0.29) is 0 Å². The Kier molecular flexibility index (Phi) is 8.15. The lowest BCUT2D eigenvalue weighted by Gasteiger charge is -2.12. The summed E-state index contributed by atoms with van der Waals surface area (Å²) in [4.78, 5) is 26.8. The SMILES string of the molecule is c1ccc(-c2nc(-c3cccc4sc5cccc(-c6nc(-c7ccccc7)c7sc8ccccc8c7n6)c5c34)nc(-c3cccc4c3c3ccccc3n4-c3ccccc3)n2)cc1. The molecule has 0 N–H and O–H groups in total. The topological polar surface area (TPSA) is 69.4 Å². The molecule has 0 aliphatic carbocycles. The maximum atomic E-state index is 5.44. The van der Waals surface area contributed by atoms with Crippen LogP contribution in [0.5, 0.6) is 0 Å². The lowest BCUT2D eigenvalue weighted by molar-refractivity contribution is 1.08. The van der Waals surface area contributed by atoms with Crippen LogP contribution in [0.2, 0.25) is 0 Å². The van der Waals surface area contributed by atoms with Crippen molar-refractivity contribution in [1.29, 1.82) is 0 Å². The quantitative estimate of drug-likeness (QED) is 0.167. The average Bonchev–Trinajstić information content (AvgIpc) is 4.04. The van der Waals surface area contributed by atoms with E-state index < -0.39 is 0 Å². The maximum absolute atomic E-state index is 5.44. The zero-order chi connectivity index (χ0) is 41.4. The van der Waals surface area contributed by atoms with Gasteiger partial charge in [-0.3, -0.25) is 0 Å². The number of hydrogen-bond acceptors (Lipinski definition) is 7. The van der Waals surface area contributed by atoms with Crippen molar-refractivity contribution in [2.24, 2.45) is 0 Å². The monoisotopic (exact) mass is 840 g/mol. The van der Waals surface area contributed by atoms with Crippen LogP contribution in [0.15, 0.2) is 194 Å². The number of thiophene rings is 2. The van der Waals surface area contributed by atoms with E-state index in [1.165, 1.54) is 4.70 Å². The van der Waals surface area contributed by atoms with Crippen molar-refractivity contribution in [2.45, 2.75) is 0 Å². The van der Waals surface area contributed by atoms with Crippen molar-refractivity contribution in [3.63, 3.8) is 0 Å². The van der Waals surface area contributed by atoms with E-state index in [4.69, 9.17) is 24.9 Å². The fourth-order valence-electron chi connectivity index (χ4n) is 9.14. The van der Waals surface area contributed by atoms with Gasteiger partial charge in [0.25, 0.3) is 0 Å². The molecule has 0 spiro atoms. The molecule has 0 radical (unpaired) electrons. The summed E-state index contributed by atoms with van der Waals surface area (Å²) in [6.45, 7) is 0. The van der Waals surface area contributed by atoms with Crippen LogP contribution in [0.1, 0.15) is 0 Å². The third kappa shape index (κ3) is 5.73. The Morgan fingerprint density at radius 3 is 1.54 bits per heavy atom. The molecule has 0 saturated carbocycles. The molecule has 63 heavy (non-hydrogen) atoms. The van der Waals surface area contributed by atoms with Gasteiger partial charge in [0.15, 0.2) is 23.3 Å². The molecule has 5 aromatic heterocycles. The van der Waals surface area contributed by atoms with Gasteiger partial charge in [-0.1, -0.05) is 152 Å². The fraction of sp³-hybridized carbons (Fsp3) is 0. The minimum atomic E-state index is 0.605. The molecule has 0 amide bonds. The summed E-state index contributed by atoms with van der Waals surface area (Å²) < 4.78 is 6.89. The molecule has 0 unspecified atom stereocenters. The van der Waals surface area contributed by atoms with Gasteiger partial charge in [0.2, 0.25) is 0 Å². The molecule has 0 atom stereocenters. The third-order valence-corrected chi connectivity index (χ3v) is 14.2. The largest absolute Gasteiger partial charge is 0.309 e. The summed E-state index contributed by atoms with van der Waals surface area (Å²) >= 11 is 3.51. The van der Waals surface area contributed by atoms with Gasteiger partial charge in [0, 0.05) is 74.5 Å². The van der Waals surface area contributed by atoms with Crippen LogP contribution in [0.4, 0.5) is 0 Å². The minimum Gasteiger partial charge on any atom is -0.309 e. The first-order valence-corrected chi connectivity index (χ1v) is 22.5. The van der Waals surface area contributed by atoms with Crippen molar-refractivity contribution in [1.82, 2.24) is 29.5 Å². The van der Waals surface area contributed by atoms with Gasteiger partial charge in [-0.15, -0.1) is 22.7 Å². The standard InChI is InChI=1S/C55H32N6S2/c1-4-17-33(18-5-1)49-51-50(37-24-11-13-30-43(37)63-51)57-53(56-49)39-26-15-31-44-47(39)48-40(27-16-32-45(48)62-44)55-59-52(34-19-6-2-7-20-34)58-54(60-55)38-25-14-29-42-46(38)36-23-10-12-28-41(36)61(42)35-21-8-3-9-22-35/h1-32H. The molecule has 5 heterocycles. The Bertz CT molecular complexity index is 3910. The molecule has 6 nitrogen and oxygen atoms in total. The summed E-state index contributed by atoms with van der Waals surface area (Å²) in [6, 6.07) is 67.7. The summed E-state index contributed by atoms with van der Waals surface area (Å²) in [5.41, 5.74) is 10.0. The second-order valence-electron chi connectivity index (χ2n) is 15.6. The van der Waals surface area contributed by atoms with Crippen LogP contribution in [0.3, 0.4) is 0 Å². The summed E-state index contributed by atoms with van der Waals surface area (Å²) in [5.74, 6) is 2.52. The first-order chi connectivity index (χ1) is 31.2. The molecular weight excluding hydrogens is 809 g/mol. The Morgan fingerprint density at radius 1 is 0.333 bits per heavy atom. The lowest BCUT2D eigenvalue weighted by atomic mass is 10.0. The predicted molar refractivity (Wildman–Crippen MR) is 263 cm³/mol. The van der Waals surface area contributed by atoms with Gasteiger partial charge in [-0.2, -0.15) is 0 Å². The molecule has 13 rings (SSSR count). The zero-order valence-corrected chi connectivity index (χ0v) is 35.1. The van der Waals surface area contributed by atoms with Crippen molar-refractivity contribution in [3.05, 3.63) is 194 Å². The zero-order valence-electron chi connectivity index (χ0n) is 33.5. The lowest BCUT2D eigenvalue weighted by Crippen LogP contribution is -2.01. The van der Waals surface area contributed by atoms with E-state index in [9.17, 15) is 0 Å². The first kappa shape index (κ1) is 35.8. The molecule has 8 heteroatoms. The molecule has 13 aromatic rings. The van der Waals surface area contributed by atoms with E-state index in [0.717, 1.165) is 96.8 Å². The third-order valence-electron chi connectivity index (χ3n) is 11.9. The van der Waals surface area contributed by atoms with Crippen molar-refractivity contribution < 1.29 is 0 Å². The van der Waals surface area contributed by atoms with Gasteiger partial charge in [-0.25, -0.2) is 24.9 Å². The van der Waals surface area contributed by atoms with Gasteiger partial charge in [0.1, 0.15) is 0 Å². The summed E-state index contributed by atoms with van der Waals surface area (Å²) in [5, 5.41) is 5.52. The summed E-state index contributed by atoms with van der Waals surface area (Å²) in [6.07, 6.45) is 0. The predicted octanol–water partition coefficient (Wildman–Crippen LogP) is 14.8. The van der Waals surface area contributed by atoms with Crippen LogP contribution < -0.4 is 0 Å². The number of hydrogen-bond donors (Lipinski definition) is 0. The van der Waals surface area contributed by atoms with E-state index >= 15 is 0 Å². The number of aromatic nitrogens is 6. The molecule has 294 valence electrons. The van der Waals surface area contributed by atoms with Crippen molar-refractivity contribution in [3.8, 4) is 62.5 Å². The smallest absolute Gasteiger partial charge is 0.164 e. The van der Waals surface area contributed by atoms with Gasteiger partial charge >= 0.3 is 0 Å². The molecule has 0 aliphatic rings. The van der Waals surface area contributed by atoms with Crippen LogP contribution in [0.25, 0.3) is 125 Å². The van der Waals surface area contributed by atoms with E-state index in [2.05, 4.69) is 174 Å². The average molecular weight is 841 g/mol. The number of rotatable bonds is 6. The highest BCUT2D eigenvalue weighted by atomic mass is 32.1. The Morgan fingerprint density at radius 2 is 0.841 bits per heavy atom. The van der Waals surface area contributed by atoms with E-state index in [0.29, 0.717) is 23.3 Å². The Hall–Kier alpha value is -7.91. The summed E-state index contributed by atoms with van der Waals surface area (Å²) in [7, 11) is 0. The molecule has 0 bridgehead atoms. The van der Waals surface area contributed by atoms with Gasteiger partial charge < -0.3 is 4.57 Å². The normalized spacial score (nSPS) is 11.8. The second kappa shape index (κ2) is 14.3. The van der Waals surface area contributed by atoms with E-state index in [1.807, 2.05) is 24.3 Å². The molecular formula is C55H32N6S2. The molecule has 0 fully saturated rings. The highest BCUT2D eigenvalue weighted by molar-refractivity contribution is 7.26. The van der Waals surface area contributed by atoms with Crippen LogP contribution >= 0.6 is 22.7 Å². The number of fused-ring (bicyclic) bond motifs is 9. The maximum Gasteiger partial charge on any atom is 0.164 e. The molecule has 0 saturated heterocycles. The van der Waals surface area contributed by atoms with Crippen LogP contribution in [-0.2, 0) is 0 Å². The molecule has 8 aromatic carbocycles. The highest BCUT2D eigenvalue weighted by Crippen LogP contribution is 2.46. The van der Waals surface area contributed by atoms with Gasteiger partial charge in [-0.05, 0) is 42.5 Å². The Labute approximate surface area is 369 Å². The van der Waals surface area contributed by atoms with Gasteiger partial charge in [0.05, 0.1) is 26.9 Å². The van der Waals surface area contributed by atoms with Crippen LogP contribution in [-0.4, -0.2) is 29.5 Å². The van der Waals surface area contributed by atoms with Crippen molar-refractivity contribution in [2.75, 3.05) is 0 Å². The second-order valence-corrected chi connectivity index (χ2v) is 17.7. The number of benzene rings is 8. The first-order valence-electron chi connectivity index (χ1n) is 20.8. The van der Waals surface area contributed by atoms with Crippen LogP contribution in [0, 0.1) is 0 Å². The van der Waals surface area contributed by atoms with Crippen molar-refractivity contribution >= 4 is 85.0 Å². The number of nitrogens with zero attached hydrogens (tertiary/aromatic N) is 6. The minimum absolute atomic E-state index is 0.605. The van der Waals surface area contributed by atoms with E-state index in [1.54, 1.807) is 22.7 Å². The highest BCUT2D eigenvalue weighted by Gasteiger charge is 2.24. The number of para-hydroxylation sites is 2. The molecule has 0 aliphatic heterocycles. The Balaban J connectivity index is 1.08.